The van der Waals surface area contributed by atoms with Crippen molar-refractivity contribution < 1.29 is 0 Å². The molecule has 0 bridgehead atoms. The third-order valence-corrected chi connectivity index (χ3v) is 4.25. The molecule has 0 saturated heterocycles. The molecule has 1 aromatic carbocycles. The number of anilines is 1. The number of nitrogens with zero attached hydrogens (tertiary/aromatic N) is 1. The lowest BCUT2D eigenvalue weighted by Gasteiger charge is -2.24. The summed E-state index contributed by atoms with van der Waals surface area (Å²) in [6, 6.07) is 8.96. The van der Waals surface area contributed by atoms with Crippen molar-refractivity contribution in [3.63, 3.8) is 0 Å². The number of thioether (sulfide) groups is 1. The molecular weight excluding hydrogens is 308 g/mol. The summed E-state index contributed by atoms with van der Waals surface area (Å²) in [5, 5.41) is 3.45. The van der Waals surface area contributed by atoms with E-state index in [0.717, 1.165) is 17.6 Å². The number of halogens is 1. The predicted molar refractivity (Wildman–Crippen MR) is 87.7 cm³/mol. The fraction of sp³-hybridized carbons (Fsp3) is 0.571. The van der Waals surface area contributed by atoms with Gasteiger partial charge in [0.25, 0.3) is 0 Å². The Labute approximate surface area is 124 Å². The first-order valence-electron chi connectivity index (χ1n) is 6.32. The van der Waals surface area contributed by atoms with E-state index >= 15 is 0 Å². The maximum Gasteiger partial charge on any atom is 0.0351 e. The van der Waals surface area contributed by atoms with Crippen molar-refractivity contribution in [1.29, 1.82) is 0 Å². The Kier molecular flexibility index (Phi) is 7.79. The summed E-state index contributed by atoms with van der Waals surface area (Å²) in [6.07, 6.45) is 3.43. The molecule has 0 fully saturated rings. The Hall–Kier alpha value is -0.190. The van der Waals surface area contributed by atoms with Gasteiger partial charge in [0, 0.05) is 29.3 Å². The monoisotopic (exact) mass is 330 g/mol. The van der Waals surface area contributed by atoms with Crippen molar-refractivity contribution in [2.45, 2.75) is 19.4 Å². The van der Waals surface area contributed by atoms with Gasteiger partial charge < -0.3 is 10.2 Å². The molecule has 0 amide bonds. The molecule has 0 saturated carbocycles. The van der Waals surface area contributed by atoms with E-state index in [0.29, 0.717) is 6.04 Å². The van der Waals surface area contributed by atoms with E-state index in [1.807, 2.05) is 17.8 Å². The summed E-state index contributed by atoms with van der Waals surface area (Å²) in [7, 11) is 2.20. The highest BCUT2D eigenvalue weighted by molar-refractivity contribution is 9.10. The van der Waals surface area contributed by atoms with Crippen LogP contribution in [0.15, 0.2) is 28.7 Å². The molecule has 1 aromatic rings. The molecule has 0 aliphatic heterocycles. The van der Waals surface area contributed by atoms with Crippen LogP contribution in [0.4, 0.5) is 5.69 Å². The average molecular weight is 331 g/mol. The van der Waals surface area contributed by atoms with Crippen LogP contribution in [-0.2, 0) is 0 Å². The van der Waals surface area contributed by atoms with Crippen LogP contribution in [0, 0.1) is 0 Å². The van der Waals surface area contributed by atoms with E-state index in [1.165, 1.54) is 17.9 Å². The smallest absolute Gasteiger partial charge is 0.0351 e. The van der Waals surface area contributed by atoms with Gasteiger partial charge >= 0.3 is 0 Å². The number of rotatable bonds is 8. The van der Waals surface area contributed by atoms with Crippen LogP contribution in [0.2, 0.25) is 0 Å². The van der Waals surface area contributed by atoms with Gasteiger partial charge in [-0.1, -0.05) is 22.0 Å². The highest BCUT2D eigenvalue weighted by Gasteiger charge is 2.07. The number of nitrogens with one attached hydrogen (secondary N) is 1. The van der Waals surface area contributed by atoms with Gasteiger partial charge in [-0.3, -0.25) is 0 Å². The second kappa shape index (κ2) is 8.83. The Morgan fingerprint density at radius 3 is 2.89 bits per heavy atom. The normalized spacial score (nSPS) is 12.7. The molecule has 1 rings (SSSR count). The highest BCUT2D eigenvalue weighted by Crippen LogP contribution is 2.15. The highest BCUT2D eigenvalue weighted by atomic mass is 79.9. The van der Waals surface area contributed by atoms with E-state index in [1.54, 1.807) is 0 Å². The van der Waals surface area contributed by atoms with Crippen LogP contribution in [-0.4, -0.2) is 43.1 Å². The summed E-state index contributed by atoms with van der Waals surface area (Å²) >= 11 is 5.40. The first-order chi connectivity index (χ1) is 8.63. The van der Waals surface area contributed by atoms with Crippen LogP contribution >= 0.6 is 27.7 Å². The molecule has 0 aliphatic carbocycles. The third kappa shape index (κ3) is 6.12. The average Bonchev–Trinajstić information content (AvgIpc) is 2.35. The number of hydrogen-bond donors (Lipinski definition) is 1. The second-order valence-electron chi connectivity index (χ2n) is 4.55. The van der Waals surface area contributed by atoms with Gasteiger partial charge in [-0.2, -0.15) is 11.8 Å². The minimum Gasteiger partial charge on any atom is -0.384 e. The lowest BCUT2D eigenvalue weighted by molar-refractivity contribution is 0.262. The molecule has 0 aromatic heterocycles. The molecule has 1 unspecified atom stereocenters. The first-order valence-corrected chi connectivity index (χ1v) is 8.50. The van der Waals surface area contributed by atoms with Gasteiger partial charge in [-0.05, 0) is 50.6 Å². The van der Waals surface area contributed by atoms with Crippen LogP contribution in [0.3, 0.4) is 0 Å². The Morgan fingerprint density at radius 1 is 1.44 bits per heavy atom. The number of hydrogen-bond acceptors (Lipinski definition) is 3. The SMILES string of the molecule is CSCCC(C)N(C)CCNc1cccc(Br)c1. The molecule has 0 heterocycles. The minimum atomic E-state index is 0.654. The summed E-state index contributed by atoms with van der Waals surface area (Å²) in [6.45, 7) is 4.36. The number of benzene rings is 1. The van der Waals surface area contributed by atoms with E-state index < -0.39 is 0 Å². The van der Waals surface area contributed by atoms with Crippen LogP contribution < -0.4 is 5.32 Å². The maximum atomic E-state index is 3.48. The third-order valence-electron chi connectivity index (χ3n) is 3.11. The fourth-order valence-electron chi connectivity index (χ4n) is 1.70. The summed E-state index contributed by atoms with van der Waals surface area (Å²) in [5.74, 6) is 1.24. The van der Waals surface area contributed by atoms with E-state index in [9.17, 15) is 0 Å². The lowest BCUT2D eigenvalue weighted by atomic mass is 10.2. The van der Waals surface area contributed by atoms with Gasteiger partial charge in [-0.15, -0.1) is 0 Å². The largest absolute Gasteiger partial charge is 0.384 e. The maximum absolute atomic E-state index is 3.48. The summed E-state index contributed by atoms with van der Waals surface area (Å²) < 4.78 is 1.12. The van der Waals surface area contributed by atoms with E-state index in [2.05, 4.69) is 64.6 Å². The Morgan fingerprint density at radius 2 is 2.22 bits per heavy atom. The first kappa shape index (κ1) is 15.9. The molecule has 1 atom stereocenters. The Bertz CT molecular complexity index is 346. The fourth-order valence-corrected chi connectivity index (χ4v) is 2.68. The minimum absolute atomic E-state index is 0.654. The summed E-state index contributed by atoms with van der Waals surface area (Å²) in [5.41, 5.74) is 1.18. The molecule has 18 heavy (non-hydrogen) atoms. The van der Waals surface area contributed by atoms with E-state index in [4.69, 9.17) is 0 Å². The Balaban J connectivity index is 2.24. The topological polar surface area (TPSA) is 15.3 Å². The summed E-state index contributed by atoms with van der Waals surface area (Å²) in [4.78, 5) is 2.42. The molecule has 102 valence electrons. The zero-order valence-corrected chi connectivity index (χ0v) is 13.9. The number of likely N-dealkylation sites (N-methyl/N-ethyl adjacent to an activating group) is 1. The van der Waals surface area contributed by atoms with Gasteiger partial charge in [-0.25, -0.2) is 0 Å². The van der Waals surface area contributed by atoms with Crippen LogP contribution in [0.5, 0.6) is 0 Å². The molecule has 2 nitrogen and oxygen atoms in total. The van der Waals surface area contributed by atoms with Crippen LogP contribution in [0.25, 0.3) is 0 Å². The van der Waals surface area contributed by atoms with Crippen molar-refractivity contribution >= 4 is 33.4 Å². The standard InChI is InChI=1S/C14H23BrN2S/c1-12(7-10-18-3)17(2)9-8-16-14-6-4-5-13(15)11-14/h4-6,11-12,16H,7-10H2,1-3H3. The van der Waals surface area contributed by atoms with Gasteiger partial charge in [0.15, 0.2) is 0 Å². The van der Waals surface area contributed by atoms with Gasteiger partial charge in [0.05, 0.1) is 0 Å². The van der Waals surface area contributed by atoms with Crippen molar-refractivity contribution in [2.24, 2.45) is 0 Å². The van der Waals surface area contributed by atoms with Crippen molar-refractivity contribution in [3.8, 4) is 0 Å². The molecule has 4 heteroatoms. The van der Waals surface area contributed by atoms with E-state index in [-0.39, 0.29) is 0 Å². The molecular formula is C14H23BrN2S. The zero-order chi connectivity index (χ0) is 13.4. The second-order valence-corrected chi connectivity index (χ2v) is 6.45. The predicted octanol–water partition coefficient (Wildman–Crippen LogP) is 3.93. The lowest BCUT2D eigenvalue weighted by Crippen LogP contribution is -2.33. The molecule has 0 spiro atoms. The van der Waals surface area contributed by atoms with Crippen molar-refractivity contribution in [1.82, 2.24) is 4.90 Å². The molecule has 0 aliphatic rings. The molecule has 1 N–H and O–H groups in total. The van der Waals surface area contributed by atoms with Crippen LogP contribution in [0.1, 0.15) is 13.3 Å². The van der Waals surface area contributed by atoms with Crippen molar-refractivity contribution in [3.05, 3.63) is 28.7 Å². The molecule has 0 radical (unpaired) electrons. The zero-order valence-electron chi connectivity index (χ0n) is 11.4. The van der Waals surface area contributed by atoms with Gasteiger partial charge in [0.2, 0.25) is 0 Å². The van der Waals surface area contributed by atoms with Crippen molar-refractivity contribution in [2.75, 3.05) is 37.5 Å². The van der Waals surface area contributed by atoms with Gasteiger partial charge in [0.1, 0.15) is 0 Å². The quantitative estimate of drug-likeness (QED) is 0.777.